The SMILES string of the molecule is CC(C)(C)N1CCC(=O)NC1=O. The molecule has 1 aliphatic rings. The Hall–Kier alpha value is -1.06. The molecule has 0 spiro atoms. The Kier molecular flexibility index (Phi) is 2.08. The van der Waals surface area contributed by atoms with Crippen LogP contribution >= 0.6 is 0 Å². The molecule has 68 valence electrons. The lowest BCUT2D eigenvalue weighted by atomic mass is 10.1. The zero-order valence-electron chi connectivity index (χ0n) is 7.68. The van der Waals surface area contributed by atoms with E-state index in [1.807, 2.05) is 20.8 Å². The van der Waals surface area contributed by atoms with Crippen LogP contribution in [0.4, 0.5) is 4.79 Å². The van der Waals surface area contributed by atoms with Crippen LogP contribution in [0, 0.1) is 0 Å². The number of imide groups is 1. The van der Waals surface area contributed by atoms with Crippen molar-refractivity contribution in [2.75, 3.05) is 6.54 Å². The molecule has 1 aliphatic heterocycles. The molecule has 0 saturated carbocycles. The second-order valence-corrected chi connectivity index (χ2v) is 3.93. The topological polar surface area (TPSA) is 49.4 Å². The van der Waals surface area contributed by atoms with Gasteiger partial charge in [0.15, 0.2) is 0 Å². The monoisotopic (exact) mass is 170 g/mol. The van der Waals surface area contributed by atoms with Crippen molar-refractivity contribution >= 4 is 11.9 Å². The minimum Gasteiger partial charge on any atom is -0.319 e. The summed E-state index contributed by atoms with van der Waals surface area (Å²) in [5.74, 6) is -0.180. The van der Waals surface area contributed by atoms with Crippen LogP contribution in [-0.4, -0.2) is 28.9 Å². The van der Waals surface area contributed by atoms with Crippen LogP contribution in [0.1, 0.15) is 27.2 Å². The summed E-state index contributed by atoms with van der Waals surface area (Å²) in [4.78, 5) is 23.7. The van der Waals surface area contributed by atoms with Gasteiger partial charge in [0, 0.05) is 18.5 Å². The number of carbonyl (C=O) groups is 2. The van der Waals surface area contributed by atoms with Gasteiger partial charge in [-0.05, 0) is 20.8 Å². The number of carbonyl (C=O) groups excluding carboxylic acids is 2. The van der Waals surface area contributed by atoms with Gasteiger partial charge < -0.3 is 4.90 Å². The lowest BCUT2D eigenvalue weighted by Crippen LogP contribution is -2.56. The summed E-state index contributed by atoms with van der Waals surface area (Å²) in [6.45, 7) is 6.36. The molecule has 1 fully saturated rings. The van der Waals surface area contributed by atoms with Crippen molar-refractivity contribution < 1.29 is 9.59 Å². The number of nitrogens with zero attached hydrogens (tertiary/aromatic N) is 1. The number of urea groups is 1. The average Bonchev–Trinajstić information content (AvgIpc) is 1.83. The van der Waals surface area contributed by atoms with Crippen LogP contribution in [0.3, 0.4) is 0 Å². The fourth-order valence-corrected chi connectivity index (χ4v) is 1.20. The fourth-order valence-electron chi connectivity index (χ4n) is 1.20. The number of amides is 3. The molecule has 0 aromatic rings. The van der Waals surface area contributed by atoms with Crippen molar-refractivity contribution in [2.45, 2.75) is 32.7 Å². The molecule has 4 heteroatoms. The van der Waals surface area contributed by atoms with E-state index in [9.17, 15) is 9.59 Å². The Labute approximate surface area is 71.9 Å². The first-order valence-electron chi connectivity index (χ1n) is 4.03. The van der Waals surface area contributed by atoms with E-state index in [1.54, 1.807) is 4.90 Å². The fraction of sp³-hybridized carbons (Fsp3) is 0.750. The van der Waals surface area contributed by atoms with Gasteiger partial charge in [0.1, 0.15) is 0 Å². The Morgan fingerprint density at radius 1 is 1.33 bits per heavy atom. The second-order valence-electron chi connectivity index (χ2n) is 3.93. The molecule has 0 radical (unpaired) electrons. The molecule has 1 saturated heterocycles. The van der Waals surface area contributed by atoms with E-state index >= 15 is 0 Å². The van der Waals surface area contributed by atoms with Gasteiger partial charge in [0.25, 0.3) is 0 Å². The molecule has 0 atom stereocenters. The maximum absolute atomic E-state index is 11.2. The minimum absolute atomic E-state index is 0.180. The third kappa shape index (κ3) is 1.75. The maximum atomic E-state index is 11.2. The van der Waals surface area contributed by atoms with Crippen LogP contribution in [0.2, 0.25) is 0 Å². The minimum atomic E-state index is -0.279. The molecule has 12 heavy (non-hydrogen) atoms. The summed E-state index contributed by atoms with van der Waals surface area (Å²) in [7, 11) is 0. The summed E-state index contributed by atoms with van der Waals surface area (Å²) in [6, 6.07) is -0.279. The molecule has 1 heterocycles. The number of rotatable bonds is 0. The molecule has 0 aromatic heterocycles. The summed E-state index contributed by atoms with van der Waals surface area (Å²) >= 11 is 0. The number of hydrogen-bond acceptors (Lipinski definition) is 2. The van der Waals surface area contributed by atoms with Crippen LogP contribution in [0.5, 0.6) is 0 Å². The second kappa shape index (κ2) is 2.77. The van der Waals surface area contributed by atoms with Crippen molar-refractivity contribution in [3.63, 3.8) is 0 Å². The van der Waals surface area contributed by atoms with Crippen molar-refractivity contribution in [1.29, 1.82) is 0 Å². The van der Waals surface area contributed by atoms with E-state index in [0.29, 0.717) is 13.0 Å². The molecule has 0 unspecified atom stereocenters. The maximum Gasteiger partial charge on any atom is 0.324 e. The van der Waals surface area contributed by atoms with E-state index in [-0.39, 0.29) is 17.5 Å². The van der Waals surface area contributed by atoms with Crippen molar-refractivity contribution in [1.82, 2.24) is 10.2 Å². The highest BCUT2D eigenvalue weighted by Gasteiger charge is 2.31. The van der Waals surface area contributed by atoms with Gasteiger partial charge in [-0.2, -0.15) is 0 Å². The van der Waals surface area contributed by atoms with Gasteiger partial charge in [0.05, 0.1) is 0 Å². The third-order valence-electron chi connectivity index (χ3n) is 1.86. The standard InChI is InChI=1S/C8H14N2O2/c1-8(2,3)10-5-4-6(11)9-7(10)12/h4-5H2,1-3H3,(H,9,11,12). The summed E-state index contributed by atoms with van der Waals surface area (Å²) in [5.41, 5.74) is -0.204. The van der Waals surface area contributed by atoms with Gasteiger partial charge in [-0.1, -0.05) is 0 Å². The van der Waals surface area contributed by atoms with Crippen molar-refractivity contribution in [2.24, 2.45) is 0 Å². The summed E-state index contributed by atoms with van der Waals surface area (Å²) in [6.07, 6.45) is 0.406. The Bertz CT molecular complexity index is 218. The van der Waals surface area contributed by atoms with Crippen LogP contribution < -0.4 is 5.32 Å². The first-order chi connectivity index (χ1) is 5.41. The zero-order valence-corrected chi connectivity index (χ0v) is 7.68. The molecule has 0 aromatic carbocycles. The van der Waals surface area contributed by atoms with Crippen LogP contribution in [0.25, 0.3) is 0 Å². The first-order valence-corrected chi connectivity index (χ1v) is 4.03. The van der Waals surface area contributed by atoms with E-state index in [4.69, 9.17) is 0 Å². The average molecular weight is 170 g/mol. The number of nitrogens with one attached hydrogen (secondary N) is 1. The zero-order chi connectivity index (χ0) is 9.35. The number of hydrogen-bond donors (Lipinski definition) is 1. The molecule has 3 amide bonds. The molecule has 4 nitrogen and oxygen atoms in total. The third-order valence-corrected chi connectivity index (χ3v) is 1.86. The molecular formula is C8H14N2O2. The van der Waals surface area contributed by atoms with Crippen molar-refractivity contribution in [3.8, 4) is 0 Å². The lowest BCUT2D eigenvalue weighted by molar-refractivity contribution is -0.122. The Balaban J connectivity index is 2.69. The van der Waals surface area contributed by atoms with Crippen LogP contribution in [-0.2, 0) is 4.79 Å². The molecule has 1 rings (SSSR count). The summed E-state index contributed by atoms with van der Waals surface area (Å²) < 4.78 is 0. The van der Waals surface area contributed by atoms with Gasteiger partial charge >= 0.3 is 6.03 Å². The Morgan fingerprint density at radius 2 is 1.92 bits per heavy atom. The highest BCUT2D eigenvalue weighted by atomic mass is 16.2. The molecular weight excluding hydrogens is 156 g/mol. The van der Waals surface area contributed by atoms with E-state index in [2.05, 4.69) is 5.32 Å². The van der Waals surface area contributed by atoms with Gasteiger partial charge in [-0.25, -0.2) is 4.79 Å². The molecule has 1 N–H and O–H groups in total. The normalized spacial score (nSPS) is 19.4. The predicted molar refractivity (Wildman–Crippen MR) is 44.6 cm³/mol. The van der Waals surface area contributed by atoms with E-state index < -0.39 is 0 Å². The van der Waals surface area contributed by atoms with Crippen LogP contribution in [0.15, 0.2) is 0 Å². The smallest absolute Gasteiger partial charge is 0.319 e. The van der Waals surface area contributed by atoms with Crippen molar-refractivity contribution in [3.05, 3.63) is 0 Å². The largest absolute Gasteiger partial charge is 0.324 e. The highest BCUT2D eigenvalue weighted by molar-refractivity contribution is 5.96. The first kappa shape index (κ1) is 9.03. The molecule has 0 aliphatic carbocycles. The Morgan fingerprint density at radius 3 is 2.33 bits per heavy atom. The lowest BCUT2D eigenvalue weighted by Gasteiger charge is -2.37. The van der Waals surface area contributed by atoms with E-state index in [0.717, 1.165) is 0 Å². The van der Waals surface area contributed by atoms with Gasteiger partial charge in [-0.3, -0.25) is 10.1 Å². The highest BCUT2D eigenvalue weighted by Crippen LogP contribution is 2.15. The summed E-state index contributed by atoms with van der Waals surface area (Å²) in [5, 5.41) is 2.28. The quantitative estimate of drug-likeness (QED) is 0.582. The van der Waals surface area contributed by atoms with Gasteiger partial charge in [-0.15, -0.1) is 0 Å². The van der Waals surface area contributed by atoms with E-state index in [1.165, 1.54) is 0 Å². The molecule has 0 bridgehead atoms. The van der Waals surface area contributed by atoms with Gasteiger partial charge in [0.2, 0.25) is 5.91 Å². The predicted octanol–water partition coefficient (Wildman–Crippen LogP) is 0.727.